The van der Waals surface area contributed by atoms with Crippen LogP contribution in [0.1, 0.15) is 18.1 Å². The molecule has 132 valence electrons. The third-order valence-corrected chi connectivity index (χ3v) is 4.10. The first-order valence-corrected chi connectivity index (χ1v) is 7.42. The Kier molecular flexibility index (Phi) is 4.78. The topological polar surface area (TPSA) is 13.1 Å². The number of rotatable bonds is 3. The Morgan fingerprint density at radius 1 is 1.00 bits per heavy atom. The summed E-state index contributed by atoms with van der Waals surface area (Å²) in [5.74, 6) is -0.310. The van der Waals surface area contributed by atoms with E-state index in [9.17, 15) is 30.7 Å². The van der Waals surface area contributed by atoms with Crippen molar-refractivity contribution in [3.05, 3.63) is 46.1 Å². The lowest BCUT2D eigenvalue weighted by Crippen LogP contribution is -2.50. The van der Waals surface area contributed by atoms with Crippen molar-refractivity contribution < 1.29 is 35.2 Å². The molecule has 1 aromatic carbocycles. The van der Waals surface area contributed by atoms with Gasteiger partial charge in [0.05, 0.1) is 6.26 Å². The van der Waals surface area contributed by atoms with Gasteiger partial charge in [0.2, 0.25) is 0 Å². The average molecular weight is 419 g/mol. The molecule has 24 heavy (non-hydrogen) atoms. The molecule has 1 nitrogen and oxygen atoms in total. The lowest BCUT2D eigenvalue weighted by Gasteiger charge is -2.32. The lowest BCUT2D eigenvalue weighted by molar-refractivity contribution is -0.348. The fourth-order valence-corrected chi connectivity index (χ4v) is 2.98. The molecule has 0 bridgehead atoms. The Labute approximate surface area is 140 Å². The quantitative estimate of drug-likeness (QED) is 0.514. The molecule has 1 aromatic heterocycles. The number of hydrogen-bond acceptors (Lipinski definition) is 1. The number of benzene rings is 1. The molecule has 0 atom stereocenters. The van der Waals surface area contributed by atoms with Gasteiger partial charge in [-0.25, -0.2) is 4.39 Å². The standard InChI is InChI=1S/C15H10BrF7O/c1-2-8-6-9(13(17,14(18,19)20)15(21,22)23)12(10(16)7-8)11-4-3-5-24-11/h3-7H,2H2,1H3. The number of alkyl halides is 7. The normalized spacial score (nSPS) is 13.4. The Hall–Kier alpha value is -1.51. The second-order valence-electron chi connectivity index (χ2n) is 4.99. The molecule has 0 spiro atoms. The van der Waals surface area contributed by atoms with Crippen molar-refractivity contribution in [2.24, 2.45) is 0 Å². The lowest BCUT2D eigenvalue weighted by atomic mass is 9.87. The van der Waals surface area contributed by atoms with Gasteiger partial charge >= 0.3 is 18.0 Å². The summed E-state index contributed by atoms with van der Waals surface area (Å²) in [7, 11) is 0. The van der Waals surface area contributed by atoms with Crippen LogP contribution in [0.5, 0.6) is 0 Å². The molecule has 0 radical (unpaired) electrons. The first kappa shape index (κ1) is 18.8. The molecule has 0 N–H and O–H groups in total. The van der Waals surface area contributed by atoms with Crippen molar-refractivity contribution in [1.29, 1.82) is 0 Å². The average Bonchev–Trinajstić information content (AvgIpc) is 2.96. The van der Waals surface area contributed by atoms with E-state index in [4.69, 9.17) is 4.42 Å². The number of hydrogen-bond donors (Lipinski definition) is 0. The van der Waals surface area contributed by atoms with E-state index in [0.29, 0.717) is 6.07 Å². The van der Waals surface area contributed by atoms with Gasteiger partial charge in [0, 0.05) is 15.6 Å². The summed E-state index contributed by atoms with van der Waals surface area (Å²) in [6.07, 6.45) is -11.2. The van der Waals surface area contributed by atoms with Crippen molar-refractivity contribution in [2.45, 2.75) is 31.4 Å². The van der Waals surface area contributed by atoms with Crippen molar-refractivity contribution in [3.8, 4) is 11.3 Å². The highest BCUT2D eigenvalue weighted by atomic mass is 79.9. The zero-order valence-corrected chi connectivity index (χ0v) is 13.6. The fourth-order valence-electron chi connectivity index (χ4n) is 2.28. The van der Waals surface area contributed by atoms with Crippen LogP contribution in [-0.4, -0.2) is 12.4 Å². The molecule has 0 amide bonds. The maximum Gasteiger partial charge on any atom is 0.435 e. The largest absolute Gasteiger partial charge is 0.464 e. The monoisotopic (exact) mass is 418 g/mol. The SMILES string of the molecule is CCc1cc(Br)c(-c2ccco2)c(C(F)(C(F)(F)F)C(F)(F)F)c1. The smallest absolute Gasteiger partial charge is 0.435 e. The Balaban J connectivity index is 2.92. The molecule has 2 aromatic rings. The molecule has 0 aliphatic rings. The van der Waals surface area contributed by atoms with Gasteiger partial charge in [-0.1, -0.05) is 28.9 Å². The second-order valence-corrected chi connectivity index (χ2v) is 5.84. The van der Waals surface area contributed by atoms with Gasteiger partial charge in [0.15, 0.2) is 0 Å². The Bertz CT molecular complexity index is 703. The summed E-state index contributed by atoms with van der Waals surface area (Å²) in [6, 6.07) is 4.33. The molecular formula is C15H10BrF7O. The van der Waals surface area contributed by atoms with Gasteiger partial charge in [-0.2, -0.15) is 26.3 Å². The summed E-state index contributed by atoms with van der Waals surface area (Å²) in [4.78, 5) is 0. The first-order valence-electron chi connectivity index (χ1n) is 6.62. The van der Waals surface area contributed by atoms with Gasteiger partial charge in [0.25, 0.3) is 0 Å². The van der Waals surface area contributed by atoms with Crippen molar-refractivity contribution >= 4 is 15.9 Å². The fraction of sp³-hybridized carbons (Fsp3) is 0.333. The summed E-state index contributed by atoms with van der Waals surface area (Å²) in [6.45, 7) is 1.53. The minimum absolute atomic E-state index is 0.114. The van der Waals surface area contributed by atoms with Crippen LogP contribution < -0.4 is 0 Å². The van der Waals surface area contributed by atoms with Crippen LogP contribution in [0.3, 0.4) is 0 Å². The minimum atomic E-state index is -6.20. The van der Waals surface area contributed by atoms with Gasteiger partial charge < -0.3 is 4.42 Å². The molecule has 9 heteroatoms. The molecule has 0 aliphatic heterocycles. The Morgan fingerprint density at radius 3 is 2.00 bits per heavy atom. The van der Waals surface area contributed by atoms with Gasteiger partial charge in [0.1, 0.15) is 5.76 Å². The number of halogens is 8. The van der Waals surface area contributed by atoms with E-state index in [1.807, 2.05) is 0 Å². The van der Waals surface area contributed by atoms with Crippen LogP contribution in [0.25, 0.3) is 11.3 Å². The number of aryl methyl sites for hydroxylation is 1. The van der Waals surface area contributed by atoms with E-state index < -0.39 is 29.1 Å². The first-order chi connectivity index (χ1) is 10.9. The highest BCUT2D eigenvalue weighted by molar-refractivity contribution is 9.10. The maximum absolute atomic E-state index is 14.6. The summed E-state index contributed by atoms with van der Waals surface area (Å²) in [5, 5.41) is 0. The molecule has 0 fully saturated rings. The van der Waals surface area contributed by atoms with Crippen molar-refractivity contribution in [1.82, 2.24) is 0 Å². The van der Waals surface area contributed by atoms with E-state index in [0.717, 1.165) is 12.3 Å². The number of furan rings is 1. The van der Waals surface area contributed by atoms with E-state index >= 15 is 0 Å². The van der Waals surface area contributed by atoms with Gasteiger partial charge in [-0.05, 0) is 30.2 Å². The predicted octanol–water partition coefficient (Wildman–Crippen LogP) is 6.56. The highest BCUT2D eigenvalue weighted by Gasteiger charge is 2.74. The van der Waals surface area contributed by atoms with Crippen LogP contribution in [0.4, 0.5) is 30.7 Å². The molecule has 0 saturated carbocycles. The Morgan fingerprint density at radius 2 is 1.58 bits per heavy atom. The van der Waals surface area contributed by atoms with Crippen molar-refractivity contribution in [2.75, 3.05) is 0 Å². The zero-order chi connectivity index (χ0) is 18.3. The van der Waals surface area contributed by atoms with E-state index in [1.54, 1.807) is 0 Å². The molecule has 0 saturated heterocycles. The highest BCUT2D eigenvalue weighted by Crippen LogP contribution is 2.56. The van der Waals surface area contributed by atoms with Crippen LogP contribution >= 0.6 is 15.9 Å². The predicted molar refractivity (Wildman–Crippen MR) is 76.1 cm³/mol. The molecule has 1 heterocycles. The van der Waals surface area contributed by atoms with Crippen LogP contribution in [0.15, 0.2) is 39.4 Å². The summed E-state index contributed by atoms with van der Waals surface area (Å²) in [5.41, 5.74) is -7.60. The molecule has 0 unspecified atom stereocenters. The van der Waals surface area contributed by atoms with Crippen LogP contribution in [0, 0.1) is 0 Å². The van der Waals surface area contributed by atoms with E-state index in [1.165, 1.54) is 19.1 Å². The third-order valence-electron chi connectivity index (χ3n) is 3.48. The summed E-state index contributed by atoms with van der Waals surface area (Å²) < 4.78 is 98.2. The molecular weight excluding hydrogens is 409 g/mol. The van der Waals surface area contributed by atoms with Crippen molar-refractivity contribution in [3.63, 3.8) is 0 Å². The molecule has 2 rings (SSSR count). The van der Waals surface area contributed by atoms with E-state index in [2.05, 4.69) is 15.9 Å². The van der Waals surface area contributed by atoms with Crippen LogP contribution in [0.2, 0.25) is 0 Å². The zero-order valence-electron chi connectivity index (χ0n) is 12.0. The molecule has 0 aliphatic carbocycles. The third kappa shape index (κ3) is 2.94. The van der Waals surface area contributed by atoms with Gasteiger partial charge in [-0.3, -0.25) is 0 Å². The maximum atomic E-state index is 14.6. The van der Waals surface area contributed by atoms with E-state index in [-0.39, 0.29) is 22.2 Å². The summed E-state index contributed by atoms with van der Waals surface area (Å²) >= 11 is 2.92. The minimum Gasteiger partial charge on any atom is -0.464 e. The second kappa shape index (κ2) is 6.09. The van der Waals surface area contributed by atoms with Crippen LogP contribution in [-0.2, 0) is 12.1 Å². The van der Waals surface area contributed by atoms with Gasteiger partial charge in [-0.15, -0.1) is 0 Å².